The Labute approximate surface area is 123 Å². The molecule has 1 aromatic carbocycles. The maximum Gasteiger partial charge on any atom is 0.156 e. The Morgan fingerprint density at radius 2 is 2.10 bits per heavy atom. The summed E-state index contributed by atoms with van der Waals surface area (Å²) in [5.74, 6) is 0.903. The molecule has 104 valence electrons. The van der Waals surface area contributed by atoms with E-state index in [4.69, 9.17) is 0 Å². The number of aromatic nitrogens is 1. The molecule has 0 amide bonds. The molecular weight excluding hydrogens is 266 g/mol. The topological polar surface area (TPSA) is 37.3 Å². The number of thioether (sulfide) groups is 1. The van der Waals surface area contributed by atoms with Crippen LogP contribution < -0.4 is 5.32 Å². The smallest absolute Gasteiger partial charge is 0.156 e. The lowest BCUT2D eigenvalue weighted by atomic mass is 9.93. The highest BCUT2D eigenvalue weighted by Gasteiger charge is 2.22. The van der Waals surface area contributed by atoms with Crippen molar-refractivity contribution < 1.29 is 0 Å². The highest BCUT2D eigenvalue weighted by atomic mass is 32.2. The molecule has 1 aromatic heterocycles. The minimum atomic E-state index is 0.269. The molecule has 2 aromatic rings. The minimum Gasteiger partial charge on any atom is -0.364 e. The monoisotopic (exact) mass is 285 g/mol. The maximum atomic E-state index is 4.63. The van der Waals surface area contributed by atoms with Gasteiger partial charge in [0.05, 0.1) is 5.52 Å². The molecule has 1 aliphatic rings. The maximum absolute atomic E-state index is 4.63. The van der Waals surface area contributed by atoms with E-state index in [1.165, 1.54) is 10.9 Å². The van der Waals surface area contributed by atoms with E-state index < -0.39 is 0 Å². The molecule has 1 aliphatic heterocycles. The van der Waals surface area contributed by atoms with Gasteiger partial charge in [0.2, 0.25) is 0 Å². The zero-order valence-corrected chi connectivity index (χ0v) is 12.7. The SMILES string of the molecule is CC1(C)CN=C(SCc2cccc3cccnc23)NC1. The van der Waals surface area contributed by atoms with E-state index in [1.807, 2.05) is 12.3 Å². The van der Waals surface area contributed by atoms with Crippen molar-refractivity contribution >= 4 is 27.8 Å². The number of aliphatic imine (C=N–C) groups is 1. The van der Waals surface area contributed by atoms with E-state index in [0.29, 0.717) is 0 Å². The number of fused-ring (bicyclic) bond motifs is 1. The number of amidine groups is 1. The fourth-order valence-corrected chi connectivity index (χ4v) is 3.09. The van der Waals surface area contributed by atoms with Gasteiger partial charge >= 0.3 is 0 Å². The Bertz CT molecular complexity index is 644. The van der Waals surface area contributed by atoms with E-state index in [2.05, 4.69) is 53.4 Å². The van der Waals surface area contributed by atoms with Crippen molar-refractivity contribution in [3.05, 3.63) is 42.1 Å². The van der Waals surface area contributed by atoms with Gasteiger partial charge in [0.25, 0.3) is 0 Å². The first kappa shape index (κ1) is 13.4. The summed E-state index contributed by atoms with van der Waals surface area (Å²) in [6, 6.07) is 10.4. The quantitative estimate of drug-likeness (QED) is 0.918. The van der Waals surface area contributed by atoms with Gasteiger partial charge in [0.15, 0.2) is 5.17 Å². The minimum absolute atomic E-state index is 0.269. The highest BCUT2D eigenvalue weighted by molar-refractivity contribution is 8.13. The molecule has 0 aliphatic carbocycles. The van der Waals surface area contributed by atoms with Crippen LogP contribution in [0.15, 0.2) is 41.5 Å². The number of pyridine rings is 1. The predicted octanol–water partition coefficient (Wildman–Crippen LogP) is 3.45. The highest BCUT2D eigenvalue weighted by Crippen LogP contribution is 2.24. The predicted molar refractivity (Wildman–Crippen MR) is 87.1 cm³/mol. The molecule has 0 spiro atoms. The van der Waals surface area contributed by atoms with E-state index in [-0.39, 0.29) is 5.41 Å². The van der Waals surface area contributed by atoms with Gasteiger partial charge in [-0.05, 0) is 11.6 Å². The van der Waals surface area contributed by atoms with Crippen molar-refractivity contribution in [2.24, 2.45) is 10.4 Å². The van der Waals surface area contributed by atoms with Crippen LogP contribution in [0.3, 0.4) is 0 Å². The molecule has 3 nitrogen and oxygen atoms in total. The lowest BCUT2D eigenvalue weighted by Crippen LogP contribution is -2.39. The molecule has 0 fully saturated rings. The lowest BCUT2D eigenvalue weighted by Gasteiger charge is -2.28. The number of rotatable bonds is 2. The van der Waals surface area contributed by atoms with Crippen LogP contribution in [0, 0.1) is 5.41 Å². The summed E-state index contributed by atoms with van der Waals surface area (Å²) in [5, 5.41) is 5.67. The van der Waals surface area contributed by atoms with Crippen LogP contribution in [0.5, 0.6) is 0 Å². The van der Waals surface area contributed by atoms with Crippen LogP contribution in [0.2, 0.25) is 0 Å². The second-order valence-corrected chi connectivity index (χ2v) is 6.88. The van der Waals surface area contributed by atoms with Crippen LogP contribution in [-0.4, -0.2) is 23.2 Å². The summed E-state index contributed by atoms with van der Waals surface area (Å²) >= 11 is 1.76. The van der Waals surface area contributed by atoms with Crippen molar-refractivity contribution in [1.29, 1.82) is 0 Å². The Balaban J connectivity index is 1.73. The van der Waals surface area contributed by atoms with E-state index >= 15 is 0 Å². The summed E-state index contributed by atoms with van der Waals surface area (Å²) in [6.45, 7) is 6.36. The molecule has 0 unspecified atom stereocenters. The van der Waals surface area contributed by atoms with Crippen LogP contribution in [0.4, 0.5) is 0 Å². The van der Waals surface area contributed by atoms with Gasteiger partial charge in [-0.3, -0.25) is 9.98 Å². The molecular formula is C16H19N3S. The summed E-state index contributed by atoms with van der Waals surface area (Å²) in [7, 11) is 0. The third-order valence-corrected chi connectivity index (χ3v) is 4.45. The zero-order valence-electron chi connectivity index (χ0n) is 11.9. The molecule has 3 rings (SSSR count). The number of hydrogen-bond acceptors (Lipinski definition) is 4. The molecule has 0 radical (unpaired) electrons. The van der Waals surface area contributed by atoms with Crippen molar-refractivity contribution in [1.82, 2.24) is 10.3 Å². The van der Waals surface area contributed by atoms with Gasteiger partial charge in [-0.15, -0.1) is 0 Å². The lowest BCUT2D eigenvalue weighted by molar-refractivity contribution is 0.364. The van der Waals surface area contributed by atoms with Crippen LogP contribution in [0.1, 0.15) is 19.4 Å². The van der Waals surface area contributed by atoms with Gasteiger partial charge < -0.3 is 5.32 Å². The molecule has 1 N–H and O–H groups in total. The van der Waals surface area contributed by atoms with Crippen molar-refractivity contribution in [3.8, 4) is 0 Å². The van der Waals surface area contributed by atoms with E-state index in [0.717, 1.165) is 29.5 Å². The molecule has 20 heavy (non-hydrogen) atoms. The number of hydrogen-bond donors (Lipinski definition) is 1. The standard InChI is InChI=1S/C16H19N3S/c1-16(2)10-18-15(19-11-16)20-9-13-6-3-5-12-7-4-8-17-14(12)13/h3-8H,9-11H2,1-2H3,(H,18,19). The van der Waals surface area contributed by atoms with Crippen molar-refractivity contribution in [2.75, 3.05) is 13.1 Å². The first-order chi connectivity index (χ1) is 9.64. The Kier molecular flexibility index (Phi) is 3.66. The summed E-state index contributed by atoms with van der Waals surface area (Å²) in [5.41, 5.74) is 2.63. The molecule has 0 bridgehead atoms. The number of nitrogens with one attached hydrogen (secondary N) is 1. The van der Waals surface area contributed by atoms with Crippen LogP contribution in [-0.2, 0) is 5.75 Å². The summed E-state index contributed by atoms with van der Waals surface area (Å²) in [4.78, 5) is 9.12. The summed E-state index contributed by atoms with van der Waals surface area (Å²) < 4.78 is 0. The average Bonchev–Trinajstić information content (AvgIpc) is 2.46. The Morgan fingerprint density at radius 1 is 1.25 bits per heavy atom. The molecule has 0 saturated carbocycles. The van der Waals surface area contributed by atoms with Crippen molar-refractivity contribution in [2.45, 2.75) is 19.6 Å². The number of para-hydroxylation sites is 1. The van der Waals surface area contributed by atoms with Crippen LogP contribution in [0.25, 0.3) is 10.9 Å². The van der Waals surface area contributed by atoms with E-state index in [9.17, 15) is 0 Å². The fourth-order valence-electron chi connectivity index (χ4n) is 2.24. The number of benzene rings is 1. The normalized spacial score (nSPS) is 17.6. The molecule has 0 saturated heterocycles. The van der Waals surface area contributed by atoms with Gasteiger partial charge in [-0.1, -0.05) is 49.9 Å². The van der Waals surface area contributed by atoms with Gasteiger partial charge in [0.1, 0.15) is 0 Å². The van der Waals surface area contributed by atoms with Gasteiger partial charge in [-0.25, -0.2) is 0 Å². The average molecular weight is 285 g/mol. The third kappa shape index (κ3) is 2.96. The van der Waals surface area contributed by atoms with Crippen molar-refractivity contribution in [3.63, 3.8) is 0 Å². The molecule has 2 heterocycles. The molecule has 0 atom stereocenters. The zero-order chi connectivity index (χ0) is 14.0. The first-order valence-electron chi connectivity index (χ1n) is 6.88. The largest absolute Gasteiger partial charge is 0.364 e. The van der Waals surface area contributed by atoms with Gasteiger partial charge in [-0.2, -0.15) is 0 Å². The third-order valence-electron chi connectivity index (χ3n) is 3.45. The Hall–Kier alpha value is -1.55. The second kappa shape index (κ2) is 5.44. The molecule has 4 heteroatoms. The number of nitrogens with zero attached hydrogens (tertiary/aromatic N) is 2. The first-order valence-corrected chi connectivity index (χ1v) is 7.86. The fraction of sp³-hybridized carbons (Fsp3) is 0.375. The van der Waals surface area contributed by atoms with Crippen LogP contribution >= 0.6 is 11.8 Å². The van der Waals surface area contributed by atoms with E-state index in [1.54, 1.807) is 11.8 Å². The Morgan fingerprint density at radius 3 is 2.90 bits per heavy atom. The summed E-state index contributed by atoms with van der Waals surface area (Å²) in [6.07, 6.45) is 1.86. The second-order valence-electron chi connectivity index (χ2n) is 5.92. The van der Waals surface area contributed by atoms with Gasteiger partial charge in [0, 0.05) is 35.8 Å².